The van der Waals surface area contributed by atoms with Crippen LogP contribution in [0.15, 0.2) is 34.2 Å². The van der Waals surface area contributed by atoms with E-state index in [4.69, 9.17) is 5.14 Å². The summed E-state index contributed by atoms with van der Waals surface area (Å²) in [5, 5.41) is 8.30. The summed E-state index contributed by atoms with van der Waals surface area (Å²) in [5.41, 5.74) is 0.860. The predicted molar refractivity (Wildman–Crippen MR) is 110 cm³/mol. The van der Waals surface area contributed by atoms with Gasteiger partial charge in [0.2, 0.25) is 15.9 Å². The number of carbonyl (C=O) groups is 1. The van der Waals surface area contributed by atoms with Crippen molar-refractivity contribution in [3.8, 4) is 0 Å². The van der Waals surface area contributed by atoms with Gasteiger partial charge < -0.3 is 15.1 Å². The molecule has 1 amide bonds. The fourth-order valence-electron chi connectivity index (χ4n) is 2.90. The Morgan fingerprint density at radius 3 is 2.21 bits per heavy atom. The Kier molecular flexibility index (Phi) is 6.10. The number of likely N-dealkylation sites (N-methyl/N-ethyl adjacent to an activating group) is 1. The first kappa shape index (κ1) is 22.2. The number of primary sulfonamides is 1. The van der Waals surface area contributed by atoms with Crippen LogP contribution in [-0.2, 0) is 21.4 Å². The standard InChI is InChI=1S/C19H31N5O3S/c1-18(2)13-24(19(18,3)4)17(22-12-16(25)23(5)6)21-11-14-7-9-15(10-8-14)28(20,26)27/h7-10H,11-13H2,1-6H3,(H,21,22)(H2,20,26,27). The molecule has 9 heteroatoms. The molecule has 0 atom stereocenters. The molecule has 3 N–H and O–H groups in total. The Hall–Kier alpha value is -2.13. The van der Waals surface area contributed by atoms with Gasteiger partial charge >= 0.3 is 0 Å². The number of guanidine groups is 1. The quantitative estimate of drug-likeness (QED) is 0.557. The number of aliphatic imine (C=N–C) groups is 1. The van der Waals surface area contributed by atoms with Gasteiger partial charge in [-0.05, 0) is 31.5 Å². The lowest BCUT2D eigenvalue weighted by Gasteiger charge is -2.62. The van der Waals surface area contributed by atoms with Crippen LogP contribution < -0.4 is 10.5 Å². The number of hydrogen-bond donors (Lipinski definition) is 2. The summed E-state index contributed by atoms with van der Waals surface area (Å²) in [7, 11) is -0.287. The van der Waals surface area contributed by atoms with Crippen molar-refractivity contribution in [3.63, 3.8) is 0 Å². The van der Waals surface area contributed by atoms with E-state index in [0.717, 1.165) is 12.1 Å². The second kappa shape index (κ2) is 7.71. The molecule has 1 aliphatic rings. The van der Waals surface area contributed by atoms with Gasteiger partial charge in [-0.25, -0.2) is 18.5 Å². The second-order valence-electron chi connectivity index (χ2n) is 8.50. The third-order valence-corrected chi connectivity index (χ3v) is 6.63. The number of amides is 1. The van der Waals surface area contributed by atoms with Gasteiger partial charge in [-0.1, -0.05) is 26.0 Å². The molecule has 0 aromatic heterocycles. The third kappa shape index (κ3) is 4.64. The van der Waals surface area contributed by atoms with E-state index < -0.39 is 10.0 Å². The molecule has 0 radical (unpaired) electrons. The lowest BCUT2D eigenvalue weighted by molar-refractivity contribution is -0.127. The van der Waals surface area contributed by atoms with Crippen LogP contribution >= 0.6 is 0 Å². The maximum atomic E-state index is 12.0. The molecule has 1 aromatic carbocycles. The van der Waals surface area contributed by atoms with Crippen molar-refractivity contribution in [2.75, 3.05) is 27.2 Å². The van der Waals surface area contributed by atoms with Crippen molar-refractivity contribution in [1.82, 2.24) is 15.1 Å². The molecule has 0 aliphatic carbocycles. The first-order chi connectivity index (χ1) is 12.8. The molecule has 1 heterocycles. The van der Waals surface area contributed by atoms with Crippen molar-refractivity contribution in [2.24, 2.45) is 15.5 Å². The summed E-state index contributed by atoms with van der Waals surface area (Å²) in [4.78, 5) is 20.4. The molecule has 1 fully saturated rings. The molecular formula is C19H31N5O3S. The SMILES string of the molecule is CN(C)C(=O)CNC(=NCc1ccc(S(N)(=O)=O)cc1)N1CC(C)(C)C1(C)C. The van der Waals surface area contributed by atoms with Crippen LogP contribution in [0.5, 0.6) is 0 Å². The van der Waals surface area contributed by atoms with E-state index in [1.807, 2.05) is 0 Å². The zero-order chi connectivity index (χ0) is 21.3. The average molecular weight is 410 g/mol. The lowest BCUT2D eigenvalue weighted by Crippen LogP contribution is -2.72. The van der Waals surface area contributed by atoms with E-state index in [2.05, 4.69) is 42.9 Å². The predicted octanol–water partition coefficient (Wildman–Crippen LogP) is 0.988. The van der Waals surface area contributed by atoms with E-state index in [9.17, 15) is 13.2 Å². The minimum Gasteiger partial charge on any atom is -0.347 e. The first-order valence-electron chi connectivity index (χ1n) is 9.13. The molecule has 1 saturated heterocycles. The number of nitrogens with one attached hydrogen (secondary N) is 1. The van der Waals surface area contributed by atoms with Crippen molar-refractivity contribution in [1.29, 1.82) is 0 Å². The van der Waals surface area contributed by atoms with Gasteiger partial charge in [0, 0.05) is 31.6 Å². The molecule has 0 unspecified atom stereocenters. The zero-order valence-electron chi connectivity index (χ0n) is 17.5. The normalized spacial score (nSPS) is 18.4. The molecular weight excluding hydrogens is 378 g/mol. The molecule has 1 aromatic rings. The monoisotopic (exact) mass is 409 g/mol. The minimum atomic E-state index is -3.71. The highest BCUT2D eigenvalue weighted by Crippen LogP contribution is 2.46. The molecule has 0 saturated carbocycles. The van der Waals surface area contributed by atoms with Crippen LogP contribution in [0.1, 0.15) is 33.3 Å². The summed E-state index contributed by atoms with van der Waals surface area (Å²) in [6, 6.07) is 6.33. The fourth-order valence-corrected chi connectivity index (χ4v) is 3.42. The number of hydrogen-bond acceptors (Lipinski definition) is 4. The molecule has 28 heavy (non-hydrogen) atoms. The van der Waals surface area contributed by atoms with Crippen LogP contribution in [0, 0.1) is 5.41 Å². The lowest BCUT2D eigenvalue weighted by atomic mass is 9.65. The topological polar surface area (TPSA) is 108 Å². The molecule has 2 rings (SSSR count). The number of nitrogens with two attached hydrogens (primary N) is 1. The Morgan fingerprint density at radius 2 is 1.79 bits per heavy atom. The summed E-state index contributed by atoms with van der Waals surface area (Å²) in [6.45, 7) is 10.1. The Bertz CT molecular complexity index is 858. The van der Waals surface area contributed by atoms with Crippen molar-refractivity contribution < 1.29 is 13.2 Å². The van der Waals surface area contributed by atoms with Crippen LogP contribution in [-0.4, -0.2) is 62.8 Å². The van der Waals surface area contributed by atoms with E-state index >= 15 is 0 Å². The first-order valence-corrected chi connectivity index (χ1v) is 10.7. The highest BCUT2D eigenvalue weighted by Gasteiger charge is 2.53. The average Bonchev–Trinajstić information content (AvgIpc) is 2.59. The number of carbonyl (C=O) groups excluding carboxylic acids is 1. The van der Waals surface area contributed by atoms with Crippen LogP contribution in [0.3, 0.4) is 0 Å². The Morgan fingerprint density at radius 1 is 1.21 bits per heavy atom. The smallest absolute Gasteiger partial charge is 0.241 e. The van der Waals surface area contributed by atoms with E-state index in [1.165, 1.54) is 17.0 Å². The van der Waals surface area contributed by atoms with Crippen molar-refractivity contribution in [2.45, 2.75) is 44.7 Å². The van der Waals surface area contributed by atoms with Crippen molar-refractivity contribution in [3.05, 3.63) is 29.8 Å². The number of likely N-dealkylation sites (tertiary alicyclic amines) is 1. The van der Waals surface area contributed by atoms with Gasteiger partial charge in [0.25, 0.3) is 0 Å². The summed E-state index contributed by atoms with van der Waals surface area (Å²) in [6.07, 6.45) is 0. The number of sulfonamides is 1. The molecule has 0 bridgehead atoms. The van der Waals surface area contributed by atoms with Crippen LogP contribution in [0.2, 0.25) is 0 Å². The maximum absolute atomic E-state index is 12.0. The van der Waals surface area contributed by atoms with Gasteiger partial charge in [-0.15, -0.1) is 0 Å². The minimum absolute atomic E-state index is 0.0391. The highest BCUT2D eigenvalue weighted by molar-refractivity contribution is 7.89. The number of rotatable bonds is 5. The van der Waals surface area contributed by atoms with E-state index in [-0.39, 0.29) is 28.3 Å². The van der Waals surface area contributed by atoms with Gasteiger partial charge in [-0.3, -0.25) is 4.79 Å². The zero-order valence-corrected chi connectivity index (χ0v) is 18.3. The van der Waals surface area contributed by atoms with Gasteiger partial charge in [0.15, 0.2) is 5.96 Å². The van der Waals surface area contributed by atoms with Gasteiger partial charge in [0.1, 0.15) is 0 Å². The summed E-state index contributed by atoms with van der Waals surface area (Å²) >= 11 is 0. The molecule has 156 valence electrons. The van der Waals surface area contributed by atoms with Crippen LogP contribution in [0.25, 0.3) is 0 Å². The van der Waals surface area contributed by atoms with Gasteiger partial charge in [0.05, 0.1) is 18.0 Å². The molecule has 1 aliphatic heterocycles. The number of nitrogens with zero attached hydrogens (tertiary/aromatic N) is 3. The van der Waals surface area contributed by atoms with Crippen molar-refractivity contribution >= 4 is 21.9 Å². The number of benzene rings is 1. The Labute approximate surface area is 167 Å². The van der Waals surface area contributed by atoms with E-state index in [1.54, 1.807) is 26.2 Å². The third-order valence-electron chi connectivity index (χ3n) is 5.70. The highest BCUT2D eigenvalue weighted by atomic mass is 32.2. The molecule has 0 spiro atoms. The fraction of sp³-hybridized carbons (Fsp3) is 0.579. The molecule has 8 nitrogen and oxygen atoms in total. The maximum Gasteiger partial charge on any atom is 0.241 e. The largest absolute Gasteiger partial charge is 0.347 e. The summed E-state index contributed by atoms with van der Waals surface area (Å²) in [5.74, 6) is 0.623. The van der Waals surface area contributed by atoms with Crippen LogP contribution in [0.4, 0.5) is 0 Å². The van der Waals surface area contributed by atoms with Gasteiger partial charge in [-0.2, -0.15) is 0 Å². The second-order valence-corrected chi connectivity index (χ2v) is 10.1. The Balaban J connectivity index is 2.20. The summed E-state index contributed by atoms with van der Waals surface area (Å²) < 4.78 is 22.8. The van der Waals surface area contributed by atoms with E-state index in [0.29, 0.717) is 12.5 Å².